The Morgan fingerprint density at radius 3 is 2.47 bits per heavy atom. The van der Waals surface area contributed by atoms with E-state index in [-0.39, 0.29) is 12.5 Å². The third kappa shape index (κ3) is 3.57. The van der Waals surface area contributed by atoms with Crippen LogP contribution in [0.2, 0.25) is 0 Å². The quantitative estimate of drug-likeness (QED) is 0.572. The van der Waals surface area contributed by atoms with Gasteiger partial charge in [0, 0.05) is 5.41 Å². The summed E-state index contributed by atoms with van der Waals surface area (Å²) in [5.41, 5.74) is -1.06. The second kappa shape index (κ2) is 7.06. The van der Waals surface area contributed by atoms with Crippen molar-refractivity contribution in [2.45, 2.75) is 58.2 Å². The van der Waals surface area contributed by atoms with Gasteiger partial charge in [-0.3, -0.25) is 0 Å². The summed E-state index contributed by atoms with van der Waals surface area (Å²) in [4.78, 5) is 11.7. The number of hydrogen-bond donors (Lipinski definition) is 2. The Labute approximate surface area is 115 Å². The molecule has 0 radical (unpaired) electrons. The molecule has 0 amide bonds. The van der Waals surface area contributed by atoms with E-state index in [4.69, 9.17) is 4.74 Å². The lowest BCUT2D eigenvalue weighted by Crippen LogP contribution is -2.49. The van der Waals surface area contributed by atoms with Crippen molar-refractivity contribution in [3.8, 4) is 0 Å². The fourth-order valence-corrected chi connectivity index (χ4v) is 2.83. The van der Waals surface area contributed by atoms with Gasteiger partial charge in [-0.15, -0.1) is 6.58 Å². The maximum Gasteiger partial charge on any atom is 0.335 e. The third-order valence-electron chi connectivity index (χ3n) is 4.27. The van der Waals surface area contributed by atoms with Crippen molar-refractivity contribution in [2.75, 3.05) is 6.61 Å². The number of aliphatic hydroxyl groups is 2. The SMILES string of the molecule is C=C[C@@](C)(C(O)C(=O)OCC)C(O)C1CCCCC1. The van der Waals surface area contributed by atoms with E-state index in [0.29, 0.717) is 0 Å². The number of ether oxygens (including phenoxy) is 1. The van der Waals surface area contributed by atoms with Crippen LogP contribution >= 0.6 is 0 Å². The van der Waals surface area contributed by atoms with E-state index in [1.807, 2.05) is 0 Å². The van der Waals surface area contributed by atoms with Crippen LogP contribution in [-0.4, -0.2) is 35.0 Å². The summed E-state index contributed by atoms with van der Waals surface area (Å²) in [6, 6.07) is 0. The zero-order valence-corrected chi connectivity index (χ0v) is 12.0. The maximum atomic E-state index is 11.7. The smallest absolute Gasteiger partial charge is 0.335 e. The summed E-state index contributed by atoms with van der Waals surface area (Å²) < 4.78 is 4.84. The molecule has 19 heavy (non-hydrogen) atoms. The van der Waals surface area contributed by atoms with Gasteiger partial charge in [-0.1, -0.05) is 32.3 Å². The Kier molecular flexibility index (Phi) is 6.01. The molecule has 1 aliphatic rings. The molecule has 110 valence electrons. The lowest BCUT2D eigenvalue weighted by molar-refractivity contribution is -0.165. The van der Waals surface area contributed by atoms with Crippen molar-refractivity contribution in [1.29, 1.82) is 0 Å². The molecule has 2 unspecified atom stereocenters. The minimum absolute atomic E-state index is 0.112. The molecule has 0 aromatic rings. The second-order valence-corrected chi connectivity index (χ2v) is 5.57. The number of rotatable bonds is 6. The first-order chi connectivity index (χ1) is 8.97. The van der Waals surface area contributed by atoms with Crippen molar-refractivity contribution in [2.24, 2.45) is 11.3 Å². The average Bonchev–Trinajstić information content (AvgIpc) is 2.46. The lowest BCUT2D eigenvalue weighted by Gasteiger charge is -2.40. The van der Waals surface area contributed by atoms with Crippen LogP contribution in [0.25, 0.3) is 0 Å². The molecule has 0 saturated heterocycles. The standard InChI is InChI=1S/C15H26O4/c1-4-15(3,13(17)14(18)19-5-2)12(16)11-9-7-6-8-10-11/h4,11-13,16-17H,1,5-10H2,2-3H3/t12?,13?,15-/m1/s1. The van der Waals surface area contributed by atoms with E-state index in [2.05, 4.69) is 6.58 Å². The van der Waals surface area contributed by atoms with Crippen LogP contribution in [0.4, 0.5) is 0 Å². The molecule has 4 nitrogen and oxygen atoms in total. The largest absolute Gasteiger partial charge is 0.464 e. The highest BCUT2D eigenvalue weighted by atomic mass is 16.5. The summed E-state index contributed by atoms with van der Waals surface area (Å²) in [6.07, 6.45) is 4.56. The molecule has 0 bridgehead atoms. The summed E-state index contributed by atoms with van der Waals surface area (Å²) in [7, 11) is 0. The maximum absolute atomic E-state index is 11.7. The highest BCUT2D eigenvalue weighted by Crippen LogP contribution is 2.38. The fourth-order valence-electron chi connectivity index (χ4n) is 2.83. The van der Waals surface area contributed by atoms with Gasteiger partial charge in [-0.05, 0) is 25.7 Å². The molecule has 0 heterocycles. The molecular formula is C15H26O4. The van der Waals surface area contributed by atoms with Gasteiger partial charge in [-0.25, -0.2) is 4.79 Å². The van der Waals surface area contributed by atoms with Crippen LogP contribution in [0.3, 0.4) is 0 Å². The van der Waals surface area contributed by atoms with Gasteiger partial charge in [0.2, 0.25) is 0 Å². The Morgan fingerprint density at radius 1 is 1.42 bits per heavy atom. The van der Waals surface area contributed by atoms with Crippen LogP contribution in [0.5, 0.6) is 0 Å². The van der Waals surface area contributed by atoms with E-state index in [1.165, 1.54) is 12.5 Å². The van der Waals surface area contributed by atoms with Crippen molar-refractivity contribution in [1.82, 2.24) is 0 Å². The van der Waals surface area contributed by atoms with Crippen LogP contribution < -0.4 is 0 Å². The van der Waals surface area contributed by atoms with Crippen LogP contribution in [0.1, 0.15) is 46.0 Å². The van der Waals surface area contributed by atoms with Gasteiger partial charge in [0.1, 0.15) is 0 Å². The molecule has 0 aliphatic heterocycles. The third-order valence-corrected chi connectivity index (χ3v) is 4.27. The second-order valence-electron chi connectivity index (χ2n) is 5.57. The van der Waals surface area contributed by atoms with Crippen molar-refractivity contribution in [3.05, 3.63) is 12.7 Å². The molecule has 3 atom stereocenters. The van der Waals surface area contributed by atoms with Crippen molar-refractivity contribution in [3.63, 3.8) is 0 Å². The number of hydrogen-bond acceptors (Lipinski definition) is 4. The first-order valence-corrected chi connectivity index (χ1v) is 7.13. The summed E-state index contributed by atoms with van der Waals surface area (Å²) in [5.74, 6) is -0.583. The van der Waals surface area contributed by atoms with Crippen LogP contribution in [0.15, 0.2) is 12.7 Å². The van der Waals surface area contributed by atoms with Crippen molar-refractivity contribution >= 4 is 5.97 Å². The minimum Gasteiger partial charge on any atom is -0.464 e. The van der Waals surface area contributed by atoms with Gasteiger partial charge in [-0.2, -0.15) is 0 Å². The van der Waals surface area contributed by atoms with E-state index < -0.39 is 23.6 Å². The molecule has 1 rings (SSSR count). The van der Waals surface area contributed by atoms with Gasteiger partial charge < -0.3 is 14.9 Å². The van der Waals surface area contributed by atoms with E-state index in [9.17, 15) is 15.0 Å². The van der Waals surface area contributed by atoms with Gasteiger partial charge >= 0.3 is 5.97 Å². The summed E-state index contributed by atoms with van der Waals surface area (Å²) >= 11 is 0. The topological polar surface area (TPSA) is 66.8 Å². The monoisotopic (exact) mass is 270 g/mol. The Hall–Kier alpha value is -0.870. The predicted molar refractivity (Wildman–Crippen MR) is 73.5 cm³/mol. The number of carbonyl (C=O) groups excluding carboxylic acids is 1. The number of esters is 1. The molecule has 4 heteroatoms. The molecule has 1 saturated carbocycles. The van der Waals surface area contributed by atoms with Crippen LogP contribution in [0, 0.1) is 11.3 Å². The van der Waals surface area contributed by atoms with E-state index in [0.717, 1.165) is 25.7 Å². The Bertz CT molecular complexity index is 309. The van der Waals surface area contributed by atoms with Gasteiger partial charge in [0.05, 0.1) is 12.7 Å². The van der Waals surface area contributed by atoms with E-state index >= 15 is 0 Å². The normalized spacial score (nSPS) is 23.2. The molecular weight excluding hydrogens is 244 g/mol. The molecule has 1 aliphatic carbocycles. The van der Waals surface area contributed by atoms with E-state index in [1.54, 1.807) is 13.8 Å². The minimum atomic E-state index is -1.37. The Balaban J connectivity index is 2.82. The number of carbonyl (C=O) groups is 1. The molecule has 0 spiro atoms. The first kappa shape index (κ1) is 16.2. The summed E-state index contributed by atoms with van der Waals surface area (Å²) in [6.45, 7) is 7.25. The lowest BCUT2D eigenvalue weighted by atomic mass is 9.70. The predicted octanol–water partition coefficient (Wildman–Crippen LogP) is 2.04. The fraction of sp³-hybridized carbons (Fsp3) is 0.800. The zero-order valence-electron chi connectivity index (χ0n) is 12.0. The molecule has 1 fully saturated rings. The molecule has 0 aromatic carbocycles. The average molecular weight is 270 g/mol. The zero-order chi connectivity index (χ0) is 14.5. The highest BCUT2D eigenvalue weighted by molar-refractivity contribution is 5.76. The van der Waals surface area contributed by atoms with Gasteiger partial charge in [0.25, 0.3) is 0 Å². The number of aliphatic hydroxyl groups excluding tert-OH is 2. The molecule has 0 aromatic heterocycles. The molecule has 2 N–H and O–H groups in total. The van der Waals surface area contributed by atoms with Crippen LogP contribution in [-0.2, 0) is 9.53 Å². The van der Waals surface area contributed by atoms with Crippen molar-refractivity contribution < 1.29 is 19.7 Å². The highest BCUT2D eigenvalue weighted by Gasteiger charge is 2.45. The Morgan fingerprint density at radius 2 is 2.00 bits per heavy atom. The van der Waals surface area contributed by atoms with Gasteiger partial charge in [0.15, 0.2) is 6.10 Å². The first-order valence-electron chi connectivity index (χ1n) is 7.13. The summed E-state index contributed by atoms with van der Waals surface area (Å²) in [5, 5.41) is 20.7.